The van der Waals surface area contributed by atoms with E-state index >= 15 is 0 Å². The summed E-state index contributed by atoms with van der Waals surface area (Å²) < 4.78 is 0. The van der Waals surface area contributed by atoms with E-state index in [1.807, 2.05) is 13.8 Å². The lowest BCUT2D eigenvalue weighted by Crippen LogP contribution is -2.49. The molecule has 13 heteroatoms. The van der Waals surface area contributed by atoms with Crippen LogP contribution in [-0.2, 0) is 9.59 Å². The standard InChI is InChI=1S/C22H41BN6O6/c1-17(2)15-20(23(32)33)27-21(31)18(11-10-14-26-22(25)28-29(34)35)16-19(30)12-8-6-4-3-5-7-9-13-24/h17-18,20,32-33H,3-12,14-16H2,1-2H3,(H,27,31)(H3,25,26,28)/t18-,20+/m1/s1. The van der Waals surface area contributed by atoms with Crippen molar-refractivity contribution in [2.75, 3.05) is 6.54 Å². The van der Waals surface area contributed by atoms with E-state index in [0.29, 0.717) is 32.1 Å². The molecule has 198 valence electrons. The molecule has 35 heavy (non-hydrogen) atoms. The number of nitro groups is 1. The van der Waals surface area contributed by atoms with Crippen LogP contribution in [0.3, 0.4) is 0 Å². The molecule has 1 amide bonds. The SMILES string of the molecule is CC(C)C[C@H](NC(=O)[C@H](CCCN=C(N)N[N+](=O)[O-])CC(=O)CCCCCCCCC#N)B(O)O. The third-order valence-electron chi connectivity index (χ3n) is 5.45. The van der Waals surface area contributed by atoms with Crippen molar-refractivity contribution in [2.45, 2.75) is 96.8 Å². The summed E-state index contributed by atoms with van der Waals surface area (Å²) in [6.07, 6.45) is 7.52. The number of nitrogens with one attached hydrogen (secondary N) is 2. The quantitative estimate of drug-likeness (QED) is 0.0414. The minimum atomic E-state index is -1.72. The van der Waals surface area contributed by atoms with Gasteiger partial charge in [-0.3, -0.25) is 9.59 Å². The normalized spacial score (nSPS) is 13.1. The molecule has 0 saturated heterocycles. The summed E-state index contributed by atoms with van der Waals surface area (Å²) in [4.78, 5) is 39.6. The van der Waals surface area contributed by atoms with Crippen molar-refractivity contribution in [3.05, 3.63) is 10.1 Å². The molecule has 0 rings (SSSR count). The van der Waals surface area contributed by atoms with Gasteiger partial charge in [0.05, 0.1) is 12.0 Å². The second-order valence-corrected chi connectivity index (χ2v) is 9.16. The summed E-state index contributed by atoms with van der Waals surface area (Å²) in [5, 5.41) is 40.0. The number of hydrazine groups is 1. The Morgan fingerprint density at radius 3 is 2.34 bits per heavy atom. The number of ketones is 1. The van der Waals surface area contributed by atoms with Crippen LogP contribution >= 0.6 is 0 Å². The van der Waals surface area contributed by atoms with E-state index in [0.717, 1.165) is 38.5 Å². The van der Waals surface area contributed by atoms with Gasteiger partial charge in [0.25, 0.3) is 5.96 Å². The largest absolute Gasteiger partial charge is 0.475 e. The predicted molar refractivity (Wildman–Crippen MR) is 133 cm³/mol. The van der Waals surface area contributed by atoms with Crippen LogP contribution in [-0.4, -0.2) is 52.3 Å². The van der Waals surface area contributed by atoms with Crippen molar-refractivity contribution in [3.63, 3.8) is 0 Å². The Kier molecular flexibility index (Phi) is 18.1. The van der Waals surface area contributed by atoms with Gasteiger partial charge in [-0.25, -0.2) is 15.1 Å². The molecule has 0 aromatic heterocycles. The maximum atomic E-state index is 12.9. The maximum absolute atomic E-state index is 12.9. The van der Waals surface area contributed by atoms with Crippen LogP contribution < -0.4 is 16.5 Å². The van der Waals surface area contributed by atoms with E-state index < -0.39 is 29.9 Å². The average Bonchev–Trinajstić information content (AvgIpc) is 2.76. The van der Waals surface area contributed by atoms with E-state index in [-0.39, 0.29) is 30.6 Å². The van der Waals surface area contributed by atoms with Crippen LogP contribution in [0.15, 0.2) is 4.99 Å². The highest BCUT2D eigenvalue weighted by atomic mass is 16.7. The van der Waals surface area contributed by atoms with Crippen molar-refractivity contribution < 1.29 is 24.7 Å². The van der Waals surface area contributed by atoms with Gasteiger partial charge >= 0.3 is 7.12 Å². The lowest BCUT2D eigenvalue weighted by atomic mass is 9.74. The first-order valence-electron chi connectivity index (χ1n) is 12.3. The van der Waals surface area contributed by atoms with E-state index in [9.17, 15) is 29.8 Å². The van der Waals surface area contributed by atoms with Crippen molar-refractivity contribution in [2.24, 2.45) is 22.6 Å². The molecule has 0 saturated carbocycles. The second-order valence-electron chi connectivity index (χ2n) is 9.16. The van der Waals surface area contributed by atoms with E-state index in [4.69, 9.17) is 11.0 Å². The Morgan fingerprint density at radius 1 is 1.14 bits per heavy atom. The molecule has 12 nitrogen and oxygen atoms in total. The summed E-state index contributed by atoms with van der Waals surface area (Å²) in [6.45, 7) is 3.93. The van der Waals surface area contributed by atoms with E-state index in [2.05, 4.69) is 16.4 Å². The zero-order valence-corrected chi connectivity index (χ0v) is 20.9. The van der Waals surface area contributed by atoms with Gasteiger partial charge < -0.3 is 21.1 Å². The number of nitriles is 1. The Balaban J connectivity index is 4.82. The Morgan fingerprint density at radius 2 is 1.77 bits per heavy atom. The topological polar surface area (TPSA) is 204 Å². The maximum Gasteiger partial charge on any atom is 0.475 e. The molecule has 0 fully saturated rings. The summed E-state index contributed by atoms with van der Waals surface area (Å²) >= 11 is 0. The number of aliphatic imine (C=N–C) groups is 1. The van der Waals surface area contributed by atoms with E-state index in [1.54, 1.807) is 5.43 Å². The molecular weight excluding hydrogens is 455 g/mol. The first-order chi connectivity index (χ1) is 16.6. The summed E-state index contributed by atoms with van der Waals surface area (Å²) in [5.41, 5.74) is 7.12. The molecule has 0 aromatic rings. The summed E-state index contributed by atoms with van der Waals surface area (Å²) in [5.74, 6) is -2.23. The van der Waals surface area contributed by atoms with Gasteiger partial charge in [-0.2, -0.15) is 5.26 Å². The monoisotopic (exact) mass is 496 g/mol. The Bertz CT molecular complexity index is 713. The summed E-state index contributed by atoms with van der Waals surface area (Å²) in [6, 6.07) is 2.12. The van der Waals surface area contributed by atoms with Gasteiger partial charge in [0.15, 0.2) is 5.03 Å². The molecular formula is C22H41BN6O6. The van der Waals surface area contributed by atoms with Crippen LogP contribution in [0.25, 0.3) is 0 Å². The number of carbonyl (C=O) groups is 2. The first-order valence-corrected chi connectivity index (χ1v) is 12.3. The number of amides is 1. The number of unbranched alkanes of at least 4 members (excludes halogenated alkanes) is 6. The highest BCUT2D eigenvalue weighted by molar-refractivity contribution is 6.43. The molecule has 0 aliphatic carbocycles. The van der Waals surface area contributed by atoms with Crippen LogP contribution in [0.2, 0.25) is 0 Å². The minimum Gasteiger partial charge on any atom is -0.426 e. The van der Waals surface area contributed by atoms with Crippen LogP contribution in [0.1, 0.15) is 90.9 Å². The number of nitrogens with two attached hydrogens (primary N) is 1. The zero-order chi connectivity index (χ0) is 26.6. The number of rotatable bonds is 20. The third kappa shape index (κ3) is 18.3. The van der Waals surface area contributed by atoms with Crippen LogP contribution in [0.5, 0.6) is 0 Å². The van der Waals surface area contributed by atoms with Crippen LogP contribution in [0.4, 0.5) is 0 Å². The zero-order valence-electron chi connectivity index (χ0n) is 20.9. The summed E-state index contributed by atoms with van der Waals surface area (Å²) in [7, 11) is -1.72. The van der Waals surface area contributed by atoms with Gasteiger partial charge in [0, 0.05) is 31.7 Å². The van der Waals surface area contributed by atoms with Crippen molar-refractivity contribution in [3.8, 4) is 6.07 Å². The van der Waals surface area contributed by atoms with Gasteiger partial charge in [0.2, 0.25) is 5.91 Å². The lowest BCUT2D eigenvalue weighted by molar-refractivity contribution is -0.525. The van der Waals surface area contributed by atoms with Crippen LogP contribution in [0, 0.1) is 33.3 Å². The number of hydrogen-bond donors (Lipinski definition) is 5. The second kappa shape index (κ2) is 19.6. The molecule has 0 heterocycles. The van der Waals surface area contributed by atoms with Crippen molar-refractivity contribution in [1.29, 1.82) is 5.26 Å². The number of Topliss-reactive ketones (excluding diaryl/α,β-unsaturated/α-hetero) is 1. The Hall–Kier alpha value is -2.72. The smallest absolute Gasteiger partial charge is 0.426 e. The van der Waals surface area contributed by atoms with Gasteiger partial charge in [-0.05, 0) is 38.0 Å². The molecule has 0 aromatic carbocycles. The highest BCUT2D eigenvalue weighted by Gasteiger charge is 2.29. The molecule has 0 spiro atoms. The molecule has 2 atom stereocenters. The average molecular weight is 496 g/mol. The fourth-order valence-corrected chi connectivity index (χ4v) is 3.67. The van der Waals surface area contributed by atoms with Gasteiger partial charge in [-0.15, -0.1) is 0 Å². The minimum absolute atomic E-state index is 0.0241. The van der Waals surface area contributed by atoms with Crippen molar-refractivity contribution in [1.82, 2.24) is 10.7 Å². The third-order valence-corrected chi connectivity index (χ3v) is 5.45. The first kappa shape index (κ1) is 32.3. The molecule has 0 radical (unpaired) electrons. The number of nitrogens with zero attached hydrogens (tertiary/aromatic N) is 3. The predicted octanol–water partition coefficient (Wildman–Crippen LogP) is 1.63. The number of hydrogen-bond acceptors (Lipinski definition) is 8. The molecule has 0 aliphatic heterocycles. The van der Waals surface area contributed by atoms with Gasteiger partial charge in [0.1, 0.15) is 5.78 Å². The molecule has 0 unspecified atom stereocenters. The Labute approximate surface area is 208 Å². The highest BCUT2D eigenvalue weighted by Crippen LogP contribution is 2.17. The van der Waals surface area contributed by atoms with E-state index in [1.165, 1.54) is 0 Å². The fourth-order valence-electron chi connectivity index (χ4n) is 3.67. The fraction of sp³-hybridized carbons (Fsp3) is 0.818. The number of carbonyl (C=O) groups excluding carboxylic acids is 2. The van der Waals surface area contributed by atoms with Crippen molar-refractivity contribution >= 4 is 24.8 Å². The molecule has 0 bridgehead atoms. The molecule has 0 aliphatic rings. The number of guanidine groups is 1. The van der Waals surface area contributed by atoms with Gasteiger partial charge in [-0.1, -0.05) is 45.0 Å². The molecule has 6 N–H and O–H groups in total. The lowest BCUT2D eigenvalue weighted by Gasteiger charge is -2.23.